The van der Waals surface area contributed by atoms with Gasteiger partial charge in [-0.1, -0.05) is 32.0 Å². The van der Waals surface area contributed by atoms with Gasteiger partial charge in [-0.3, -0.25) is 4.79 Å². The van der Waals surface area contributed by atoms with Gasteiger partial charge in [-0.2, -0.15) is 39.5 Å². The van der Waals surface area contributed by atoms with Gasteiger partial charge in [-0.15, -0.1) is 0 Å². The quantitative estimate of drug-likeness (QED) is 0.658. The van der Waals surface area contributed by atoms with Gasteiger partial charge in [0.1, 0.15) is 0 Å². The highest BCUT2D eigenvalue weighted by atomic mass is 19.4. The third-order valence-electron chi connectivity index (χ3n) is 3.67. The summed E-state index contributed by atoms with van der Waals surface area (Å²) in [6.07, 6.45) is -6.66. The third-order valence-corrected chi connectivity index (χ3v) is 3.67. The van der Waals surface area contributed by atoms with Crippen LogP contribution in [0.3, 0.4) is 0 Å². The number of carbonyl (C=O) groups excluding carboxylic acids is 1. The van der Waals surface area contributed by atoms with E-state index in [2.05, 4.69) is 0 Å². The molecule has 0 aromatic heterocycles. The number of halogens is 9. The van der Waals surface area contributed by atoms with E-state index in [-0.39, 0.29) is 29.7 Å². The second-order valence-corrected chi connectivity index (χ2v) is 5.33. The number of para-hydroxylation sites is 1. The Hall–Kier alpha value is -1.94. The highest BCUT2D eigenvalue weighted by Crippen LogP contribution is 2.53. The van der Waals surface area contributed by atoms with Crippen LogP contribution in [0.5, 0.6) is 0 Å². The molecule has 26 heavy (non-hydrogen) atoms. The molecule has 0 heterocycles. The van der Waals surface area contributed by atoms with Crippen molar-refractivity contribution in [2.75, 3.05) is 5.32 Å². The molecule has 0 aliphatic heterocycles. The first-order valence-corrected chi connectivity index (χ1v) is 7.27. The number of hydrogen-bond acceptors (Lipinski definition) is 1. The fourth-order valence-electron chi connectivity index (χ4n) is 2.11. The van der Waals surface area contributed by atoms with E-state index in [4.69, 9.17) is 0 Å². The minimum atomic E-state index is -7.11. The molecule has 1 N–H and O–H groups in total. The lowest BCUT2D eigenvalue weighted by Gasteiger charge is -2.33. The monoisotopic (exact) mass is 395 g/mol. The second-order valence-electron chi connectivity index (χ2n) is 5.33. The highest BCUT2D eigenvalue weighted by Gasteiger charge is 2.83. The first-order valence-electron chi connectivity index (χ1n) is 7.27. The van der Waals surface area contributed by atoms with Crippen molar-refractivity contribution in [3.05, 3.63) is 29.3 Å². The average Bonchev–Trinajstić information content (AvgIpc) is 2.53. The molecule has 0 aliphatic rings. The number of rotatable bonds is 6. The van der Waals surface area contributed by atoms with Crippen molar-refractivity contribution >= 4 is 11.6 Å². The minimum absolute atomic E-state index is 0.157. The van der Waals surface area contributed by atoms with E-state index < -0.39 is 29.9 Å². The molecule has 1 amide bonds. The first kappa shape index (κ1) is 22.1. The van der Waals surface area contributed by atoms with Crippen molar-refractivity contribution in [3.63, 3.8) is 0 Å². The fraction of sp³-hybridized carbons (Fsp3) is 0.533. The molecule has 2 nitrogen and oxygen atoms in total. The topological polar surface area (TPSA) is 29.1 Å². The Kier molecular flexibility index (Phi) is 5.94. The maximum atomic E-state index is 13.6. The van der Waals surface area contributed by atoms with Crippen LogP contribution in [0, 0.1) is 0 Å². The molecule has 0 spiro atoms. The van der Waals surface area contributed by atoms with Crippen LogP contribution in [-0.4, -0.2) is 29.9 Å². The van der Waals surface area contributed by atoms with E-state index in [0.29, 0.717) is 0 Å². The summed E-state index contributed by atoms with van der Waals surface area (Å²) in [6, 6.07) is 4.20. The Morgan fingerprint density at radius 3 is 1.62 bits per heavy atom. The zero-order valence-corrected chi connectivity index (χ0v) is 13.5. The molecule has 0 atom stereocenters. The van der Waals surface area contributed by atoms with Gasteiger partial charge in [0.05, 0.1) is 0 Å². The molecule has 0 saturated heterocycles. The lowest BCUT2D eigenvalue weighted by atomic mass is 10.0. The summed E-state index contributed by atoms with van der Waals surface area (Å²) < 4.78 is 116. The smallest absolute Gasteiger partial charge is 0.320 e. The van der Waals surface area contributed by atoms with Crippen LogP contribution in [0.25, 0.3) is 0 Å². The van der Waals surface area contributed by atoms with E-state index in [0.717, 1.165) is 0 Å². The SMILES string of the molecule is CCc1cccc(CC)c1NC(=O)C(F)(F)C(F)(F)C(F)(F)C(F)(F)F. The normalized spacial score (nSPS) is 13.7. The molecule has 0 unspecified atom stereocenters. The second kappa shape index (κ2) is 6.99. The number of anilines is 1. The summed E-state index contributed by atoms with van der Waals surface area (Å²) in [5, 5.41) is 1.38. The molecular formula is C15H14F9NO. The van der Waals surface area contributed by atoms with E-state index >= 15 is 0 Å². The molecule has 1 aromatic carbocycles. The van der Waals surface area contributed by atoms with E-state index in [1.165, 1.54) is 37.4 Å². The number of aryl methyl sites for hydroxylation is 2. The third kappa shape index (κ3) is 3.48. The van der Waals surface area contributed by atoms with Gasteiger partial charge >= 0.3 is 29.9 Å². The predicted molar refractivity (Wildman–Crippen MR) is 74.7 cm³/mol. The highest BCUT2D eigenvalue weighted by molar-refractivity contribution is 5.98. The molecule has 0 saturated carbocycles. The van der Waals surface area contributed by atoms with Gasteiger partial charge in [0.25, 0.3) is 0 Å². The van der Waals surface area contributed by atoms with Crippen LogP contribution in [0.15, 0.2) is 18.2 Å². The van der Waals surface area contributed by atoms with Gasteiger partial charge in [0, 0.05) is 5.69 Å². The number of amides is 1. The Bertz CT molecular complexity index is 645. The summed E-state index contributed by atoms with van der Waals surface area (Å²) in [6.45, 7) is 3.07. The van der Waals surface area contributed by atoms with E-state index in [1.807, 2.05) is 0 Å². The molecule has 0 bridgehead atoms. The van der Waals surface area contributed by atoms with Crippen LogP contribution in [-0.2, 0) is 17.6 Å². The van der Waals surface area contributed by atoms with Gasteiger partial charge in [-0.05, 0) is 24.0 Å². The number of carbonyl (C=O) groups is 1. The Labute approximate surface area is 142 Å². The van der Waals surface area contributed by atoms with Crippen molar-refractivity contribution in [2.45, 2.75) is 50.6 Å². The summed E-state index contributed by atoms with van der Waals surface area (Å²) in [7, 11) is 0. The summed E-state index contributed by atoms with van der Waals surface area (Å²) in [4.78, 5) is 11.5. The van der Waals surface area contributed by atoms with Gasteiger partial charge in [0.15, 0.2) is 0 Å². The fourth-order valence-corrected chi connectivity index (χ4v) is 2.11. The molecule has 148 valence electrons. The molecule has 0 radical (unpaired) electrons. The van der Waals surface area contributed by atoms with E-state index in [9.17, 15) is 44.3 Å². The van der Waals surface area contributed by atoms with Crippen molar-refractivity contribution in [1.29, 1.82) is 0 Å². The molecular weight excluding hydrogens is 381 g/mol. The van der Waals surface area contributed by atoms with Crippen LogP contribution in [0.2, 0.25) is 0 Å². The number of alkyl halides is 9. The van der Waals surface area contributed by atoms with E-state index in [1.54, 1.807) is 0 Å². The molecule has 0 aliphatic carbocycles. The van der Waals surface area contributed by atoms with Crippen LogP contribution >= 0.6 is 0 Å². The zero-order valence-electron chi connectivity index (χ0n) is 13.5. The van der Waals surface area contributed by atoms with Crippen LogP contribution < -0.4 is 5.32 Å². The van der Waals surface area contributed by atoms with Crippen LogP contribution in [0.1, 0.15) is 25.0 Å². The van der Waals surface area contributed by atoms with Crippen LogP contribution in [0.4, 0.5) is 45.2 Å². The lowest BCUT2D eigenvalue weighted by molar-refractivity contribution is -0.388. The molecule has 1 aromatic rings. The lowest BCUT2D eigenvalue weighted by Crippen LogP contribution is -2.64. The first-order chi connectivity index (χ1) is 11.6. The number of nitrogens with one attached hydrogen (secondary N) is 1. The van der Waals surface area contributed by atoms with Crippen molar-refractivity contribution in [3.8, 4) is 0 Å². The molecule has 11 heteroatoms. The average molecular weight is 395 g/mol. The van der Waals surface area contributed by atoms with Crippen molar-refractivity contribution in [1.82, 2.24) is 0 Å². The predicted octanol–water partition coefficient (Wildman–Crippen LogP) is 5.22. The van der Waals surface area contributed by atoms with Crippen molar-refractivity contribution in [2.24, 2.45) is 0 Å². The number of benzene rings is 1. The van der Waals surface area contributed by atoms with Gasteiger partial charge in [0.2, 0.25) is 0 Å². The Balaban J connectivity index is 3.33. The largest absolute Gasteiger partial charge is 0.460 e. The van der Waals surface area contributed by atoms with Crippen molar-refractivity contribution < 1.29 is 44.3 Å². The zero-order chi connectivity index (χ0) is 20.6. The maximum Gasteiger partial charge on any atom is 0.460 e. The number of hydrogen-bond donors (Lipinski definition) is 1. The Morgan fingerprint density at radius 2 is 1.27 bits per heavy atom. The van der Waals surface area contributed by atoms with Gasteiger partial charge in [-0.25, -0.2) is 0 Å². The maximum absolute atomic E-state index is 13.6. The minimum Gasteiger partial charge on any atom is -0.320 e. The summed E-state index contributed by atoms with van der Waals surface area (Å²) >= 11 is 0. The standard InChI is InChI=1S/C15H14F9NO/c1-3-8-6-5-7-9(4-2)10(8)25-11(26)12(16,17)13(18,19)14(20,21)15(22,23)24/h5-7H,3-4H2,1-2H3,(H,25,26). The Morgan fingerprint density at radius 1 is 0.846 bits per heavy atom. The summed E-state index contributed by atoms with van der Waals surface area (Å²) in [5.74, 6) is -23.4. The molecule has 0 fully saturated rings. The summed E-state index contributed by atoms with van der Waals surface area (Å²) in [5.41, 5.74) is 0.118. The molecule has 1 rings (SSSR count). The van der Waals surface area contributed by atoms with Gasteiger partial charge < -0.3 is 5.32 Å².